The first-order valence-corrected chi connectivity index (χ1v) is 5.72. The lowest BCUT2D eigenvalue weighted by Crippen LogP contribution is -2.18. The van der Waals surface area contributed by atoms with E-state index in [0.717, 1.165) is 11.8 Å². The van der Waals surface area contributed by atoms with Crippen molar-refractivity contribution in [2.45, 2.75) is 19.4 Å². The Morgan fingerprint density at radius 3 is 2.65 bits per heavy atom. The molecule has 1 aromatic heterocycles. The smallest absolute Gasteiger partial charge is 0.358 e. The number of halogens is 2. The Labute approximate surface area is 113 Å². The molecule has 0 bridgehead atoms. The molecule has 1 N–H and O–H groups in total. The minimum atomic E-state index is -2.65. The number of carbonyl (C=O) groups excluding carboxylic acids is 2. The molecule has 112 valence electrons. The highest BCUT2D eigenvalue weighted by molar-refractivity contribution is 5.93. The van der Waals surface area contributed by atoms with Gasteiger partial charge in [-0.05, 0) is 0 Å². The number of esters is 2. The highest BCUT2D eigenvalue weighted by Gasteiger charge is 2.21. The lowest BCUT2D eigenvalue weighted by molar-refractivity contribution is -0.140. The van der Waals surface area contributed by atoms with Gasteiger partial charge in [-0.1, -0.05) is 0 Å². The van der Waals surface area contributed by atoms with Crippen molar-refractivity contribution in [1.29, 1.82) is 0 Å². The predicted molar refractivity (Wildman–Crippen MR) is 64.7 cm³/mol. The molecule has 0 saturated carbocycles. The van der Waals surface area contributed by atoms with Crippen molar-refractivity contribution in [1.82, 2.24) is 9.78 Å². The van der Waals surface area contributed by atoms with Crippen LogP contribution in [-0.4, -0.2) is 48.9 Å². The molecule has 0 aliphatic carbocycles. The first-order chi connectivity index (χ1) is 9.49. The third kappa shape index (κ3) is 4.18. The molecule has 9 heteroatoms. The molecule has 0 fully saturated rings. The Balaban J connectivity index is 2.81. The maximum absolute atomic E-state index is 12.4. The summed E-state index contributed by atoms with van der Waals surface area (Å²) in [5.74, 6) is -1.22. The number of anilines is 1. The van der Waals surface area contributed by atoms with Crippen LogP contribution >= 0.6 is 0 Å². The predicted octanol–water partition coefficient (Wildman–Crippen LogP) is 0.910. The van der Waals surface area contributed by atoms with Crippen molar-refractivity contribution in [3.63, 3.8) is 0 Å². The maximum Gasteiger partial charge on any atom is 0.358 e. The first-order valence-electron chi connectivity index (χ1n) is 5.72. The van der Waals surface area contributed by atoms with Gasteiger partial charge < -0.3 is 14.8 Å². The minimum absolute atomic E-state index is 0.0666. The van der Waals surface area contributed by atoms with E-state index in [9.17, 15) is 18.4 Å². The Kier molecular flexibility index (Phi) is 5.88. The molecule has 0 unspecified atom stereocenters. The minimum Gasteiger partial charge on any atom is -0.469 e. The van der Waals surface area contributed by atoms with Gasteiger partial charge in [0.2, 0.25) is 0 Å². The van der Waals surface area contributed by atoms with Crippen LogP contribution in [0.25, 0.3) is 0 Å². The lowest BCUT2D eigenvalue weighted by Gasteiger charge is -2.08. The van der Waals surface area contributed by atoms with Gasteiger partial charge in [0.25, 0.3) is 6.43 Å². The number of nitrogens with one attached hydrogen (secondary N) is 1. The molecular formula is C11H15F2N3O4. The van der Waals surface area contributed by atoms with E-state index in [2.05, 4.69) is 19.9 Å². The van der Waals surface area contributed by atoms with Crippen LogP contribution < -0.4 is 5.32 Å². The average molecular weight is 291 g/mol. The van der Waals surface area contributed by atoms with Gasteiger partial charge in [0.15, 0.2) is 5.69 Å². The van der Waals surface area contributed by atoms with Gasteiger partial charge in [0, 0.05) is 6.54 Å². The zero-order valence-electron chi connectivity index (χ0n) is 11.1. The summed E-state index contributed by atoms with van der Waals surface area (Å²) in [7, 11) is 2.39. The number of nitrogens with zero attached hydrogens (tertiary/aromatic N) is 2. The number of ether oxygens (including phenoxy) is 2. The van der Waals surface area contributed by atoms with E-state index in [-0.39, 0.29) is 24.3 Å². The van der Waals surface area contributed by atoms with Crippen LogP contribution in [0.5, 0.6) is 0 Å². The van der Waals surface area contributed by atoms with Crippen LogP contribution in [-0.2, 0) is 20.8 Å². The highest BCUT2D eigenvalue weighted by Crippen LogP contribution is 2.17. The number of hydrogen-bond acceptors (Lipinski definition) is 6. The van der Waals surface area contributed by atoms with E-state index < -0.39 is 24.9 Å². The Morgan fingerprint density at radius 2 is 2.10 bits per heavy atom. The fraction of sp³-hybridized carbons (Fsp3) is 0.545. The van der Waals surface area contributed by atoms with Crippen LogP contribution in [0.15, 0.2) is 6.20 Å². The molecule has 0 aliphatic rings. The zero-order valence-corrected chi connectivity index (χ0v) is 11.1. The van der Waals surface area contributed by atoms with Crippen molar-refractivity contribution in [2.75, 3.05) is 26.1 Å². The molecule has 0 aromatic carbocycles. The van der Waals surface area contributed by atoms with Gasteiger partial charge in [-0.3, -0.25) is 9.48 Å². The number of carbonyl (C=O) groups is 2. The van der Waals surface area contributed by atoms with E-state index in [1.165, 1.54) is 13.3 Å². The fourth-order valence-corrected chi connectivity index (χ4v) is 1.50. The van der Waals surface area contributed by atoms with E-state index >= 15 is 0 Å². The molecule has 0 radical (unpaired) electrons. The monoisotopic (exact) mass is 291 g/mol. The van der Waals surface area contributed by atoms with Crippen LogP contribution in [0.2, 0.25) is 0 Å². The second kappa shape index (κ2) is 7.41. The summed E-state index contributed by atoms with van der Waals surface area (Å²) in [5.41, 5.74) is 0.110. The number of aromatic nitrogens is 2. The molecular weight excluding hydrogens is 276 g/mol. The molecule has 1 rings (SSSR count). The molecule has 7 nitrogen and oxygen atoms in total. The summed E-state index contributed by atoms with van der Waals surface area (Å²) in [6.45, 7) is -0.542. The van der Waals surface area contributed by atoms with Gasteiger partial charge >= 0.3 is 11.9 Å². The van der Waals surface area contributed by atoms with Crippen molar-refractivity contribution in [3.8, 4) is 0 Å². The zero-order chi connectivity index (χ0) is 15.1. The van der Waals surface area contributed by atoms with Crippen molar-refractivity contribution >= 4 is 17.6 Å². The number of alkyl halides is 2. The van der Waals surface area contributed by atoms with E-state index in [1.54, 1.807) is 0 Å². The molecule has 1 aromatic rings. The SMILES string of the molecule is COC(=O)CCNc1cnn(CC(F)F)c1C(=O)OC. The number of methoxy groups -OCH3 is 2. The lowest BCUT2D eigenvalue weighted by atomic mass is 10.3. The van der Waals surface area contributed by atoms with Crippen molar-refractivity contribution in [2.24, 2.45) is 0 Å². The van der Waals surface area contributed by atoms with Gasteiger partial charge in [-0.2, -0.15) is 5.10 Å². The topological polar surface area (TPSA) is 82.5 Å². The third-order valence-corrected chi connectivity index (χ3v) is 2.40. The summed E-state index contributed by atoms with van der Waals surface area (Å²) >= 11 is 0. The number of hydrogen-bond donors (Lipinski definition) is 1. The Hall–Kier alpha value is -2.19. The molecule has 0 spiro atoms. The summed E-state index contributed by atoms with van der Waals surface area (Å²) in [4.78, 5) is 22.5. The quantitative estimate of drug-likeness (QED) is 0.752. The molecule has 0 aliphatic heterocycles. The summed E-state index contributed by atoms with van der Waals surface area (Å²) in [6.07, 6.45) is -1.36. The van der Waals surface area contributed by atoms with Crippen LogP contribution in [0, 0.1) is 0 Å². The second-order valence-electron chi connectivity index (χ2n) is 3.72. The summed E-state index contributed by atoms with van der Waals surface area (Å²) < 4.78 is 34.6. The molecule has 1 heterocycles. The summed E-state index contributed by atoms with van der Waals surface area (Å²) in [5, 5.41) is 6.46. The summed E-state index contributed by atoms with van der Waals surface area (Å²) in [6, 6.07) is 0. The van der Waals surface area contributed by atoms with Gasteiger partial charge in [0.05, 0.1) is 32.5 Å². The number of rotatable bonds is 7. The van der Waals surface area contributed by atoms with Crippen LogP contribution in [0.3, 0.4) is 0 Å². The van der Waals surface area contributed by atoms with E-state index in [1.807, 2.05) is 0 Å². The van der Waals surface area contributed by atoms with E-state index in [4.69, 9.17) is 0 Å². The largest absolute Gasteiger partial charge is 0.469 e. The van der Waals surface area contributed by atoms with Crippen molar-refractivity contribution < 1.29 is 27.8 Å². The molecule has 20 heavy (non-hydrogen) atoms. The fourth-order valence-electron chi connectivity index (χ4n) is 1.50. The first kappa shape index (κ1) is 15.9. The Morgan fingerprint density at radius 1 is 1.40 bits per heavy atom. The van der Waals surface area contributed by atoms with Gasteiger partial charge in [0.1, 0.15) is 6.54 Å². The normalized spacial score (nSPS) is 10.4. The van der Waals surface area contributed by atoms with Crippen LogP contribution in [0.1, 0.15) is 16.9 Å². The van der Waals surface area contributed by atoms with Crippen LogP contribution in [0.4, 0.5) is 14.5 Å². The third-order valence-electron chi connectivity index (χ3n) is 2.40. The Bertz CT molecular complexity index is 476. The molecule has 0 saturated heterocycles. The molecule has 0 amide bonds. The second-order valence-corrected chi connectivity index (χ2v) is 3.72. The van der Waals surface area contributed by atoms with Gasteiger partial charge in [-0.25, -0.2) is 13.6 Å². The van der Waals surface area contributed by atoms with E-state index in [0.29, 0.717) is 0 Å². The average Bonchev–Trinajstić information content (AvgIpc) is 2.79. The molecule has 0 atom stereocenters. The highest BCUT2D eigenvalue weighted by atomic mass is 19.3. The standard InChI is InChI=1S/C11H15F2N3O4/c1-19-9(17)3-4-14-7-5-15-16(6-8(12)13)10(7)11(18)20-2/h5,8,14H,3-4,6H2,1-2H3. The van der Waals surface area contributed by atoms with Crippen molar-refractivity contribution in [3.05, 3.63) is 11.9 Å². The van der Waals surface area contributed by atoms with Gasteiger partial charge in [-0.15, -0.1) is 0 Å². The maximum atomic E-state index is 12.4.